The zero-order chi connectivity index (χ0) is 13.4. The molecule has 2 fully saturated rings. The highest BCUT2D eigenvalue weighted by atomic mass is 16.5. The van der Waals surface area contributed by atoms with Gasteiger partial charge in [-0.1, -0.05) is 18.2 Å². The van der Waals surface area contributed by atoms with E-state index in [1.807, 2.05) is 0 Å². The summed E-state index contributed by atoms with van der Waals surface area (Å²) >= 11 is 0. The Hall–Kier alpha value is -1.06. The fraction of sp³-hybridized carbons (Fsp3) is 0.647. The van der Waals surface area contributed by atoms with Crippen LogP contribution in [0.1, 0.15) is 37.2 Å². The average Bonchev–Trinajstić information content (AvgIpc) is 3.24. The van der Waals surface area contributed by atoms with Gasteiger partial charge in [0, 0.05) is 37.6 Å². The molecule has 20 heavy (non-hydrogen) atoms. The van der Waals surface area contributed by atoms with Crippen LogP contribution in [-0.4, -0.2) is 43.2 Å². The molecule has 1 aliphatic carbocycles. The molecule has 1 saturated carbocycles. The number of ether oxygens (including phenoxy) is 1. The maximum atomic E-state index is 5.75. The molecule has 0 spiro atoms. The fourth-order valence-electron chi connectivity index (χ4n) is 3.66. The topological polar surface area (TPSA) is 24.5 Å². The molecule has 0 aromatic heterocycles. The Balaban J connectivity index is 1.34. The molecule has 0 radical (unpaired) electrons. The second-order valence-electron chi connectivity index (χ2n) is 6.49. The van der Waals surface area contributed by atoms with E-state index in [4.69, 9.17) is 4.74 Å². The summed E-state index contributed by atoms with van der Waals surface area (Å²) in [6.07, 6.45) is 5.32. The summed E-state index contributed by atoms with van der Waals surface area (Å²) in [5, 5.41) is 3.81. The van der Waals surface area contributed by atoms with E-state index in [0.29, 0.717) is 12.0 Å². The molecule has 1 saturated heterocycles. The van der Waals surface area contributed by atoms with E-state index in [9.17, 15) is 0 Å². The molecule has 1 aromatic carbocycles. The molecule has 1 aromatic rings. The molecular weight excluding hydrogens is 248 g/mol. The summed E-state index contributed by atoms with van der Waals surface area (Å²) in [4.78, 5) is 2.68. The number of hydrogen-bond donors (Lipinski definition) is 1. The van der Waals surface area contributed by atoms with Gasteiger partial charge in [0.25, 0.3) is 0 Å². The van der Waals surface area contributed by atoms with E-state index in [1.54, 1.807) is 0 Å². The van der Waals surface area contributed by atoms with E-state index in [0.717, 1.165) is 31.4 Å². The first kappa shape index (κ1) is 12.7. The third kappa shape index (κ3) is 2.57. The lowest BCUT2D eigenvalue weighted by atomic mass is 9.93. The molecule has 3 aliphatic rings. The minimum Gasteiger partial charge on any atom is -0.493 e. The zero-order valence-electron chi connectivity index (χ0n) is 12.1. The molecule has 4 rings (SSSR count). The third-order valence-corrected chi connectivity index (χ3v) is 5.02. The van der Waals surface area contributed by atoms with Crippen molar-refractivity contribution in [3.05, 3.63) is 29.8 Å². The Bertz CT molecular complexity index is 472. The third-order valence-electron chi connectivity index (χ3n) is 5.02. The number of nitrogens with one attached hydrogen (secondary N) is 1. The minimum atomic E-state index is 0.620. The number of para-hydroxylation sites is 1. The standard InChI is InChI=1S/C17H24N2O/c1-2-4-17-16(3-1)13(8-10-20-17)11-18-14-7-9-19(12-14)15-5-6-15/h1-4,13-15,18H,5-12H2. The summed E-state index contributed by atoms with van der Waals surface area (Å²) in [6.45, 7) is 4.52. The molecule has 108 valence electrons. The van der Waals surface area contributed by atoms with Crippen molar-refractivity contribution in [1.82, 2.24) is 10.2 Å². The Morgan fingerprint density at radius 1 is 1.15 bits per heavy atom. The number of fused-ring (bicyclic) bond motifs is 1. The molecular formula is C17H24N2O. The maximum absolute atomic E-state index is 5.75. The van der Waals surface area contributed by atoms with Gasteiger partial charge in [-0.15, -0.1) is 0 Å². The van der Waals surface area contributed by atoms with Crippen LogP contribution in [0, 0.1) is 0 Å². The largest absolute Gasteiger partial charge is 0.493 e. The highest BCUT2D eigenvalue weighted by Gasteiger charge is 2.34. The van der Waals surface area contributed by atoms with Crippen LogP contribution in [0.5, 0.6) is 5.75 Å². The van der Waals surface area contributed by atoms with E-state index in [2.05, 4.69) is 34.5 Å². The van der Waals surface area contributed by atoms with Crippen LogP contribution in [0.15, 0.2) is 24.3 Å². The molecule has 2 atom stereocenters. The van der Waals surface area contributed by atoms with Crippen molar-refractivity contribution in [2.75, 3.05) is 26.2 Å². The first-order valence-corrected chi connectivity index (χ1v) is 8.09. The molecule has 1 N–H and O–H groups in total. The summed E-state index contributed by atoms with van der Waals surface area (Å²) in [6, 6.07) is 10.2. The monoisotopic (exact) mass is 272 g/mol. The lowest BCUT2D eigenvalue weighted by Gasteiger charge is -2.27. The summed E-state index contributed by atoms with van der Waals surface area (Å²) in [7, 11) is 0. The van der Waals surface area contributed by atoms with E-state index >= 15 is 0 Å². The zero-order valence-corrected chi connectivity index (χ0v) is 12.1. The predicted octanol–water partition coefficient (Wildman–Crippen LogP) is 2.38. The SMILES string of the molecule is c1ccc2c(c1)OCCC2CNC1CCN(C2CC2)C1. The molecule has 2 heterocycles. The van der Waals surface area contributed by atoms with Gasteiger partial charge in [-0.05, 0) is 37.3 Å². The van der Waals surface area contributed by atoms with E-state index < -0.39 is 0 Å². The first-order chi connectivity index (χ1) is 9.90. The molecule has 2 aliphatic heterocycles. The van der Waals surface area contributed by atoms with Crippen molar-refractivity contribution in [1.29, 1.82) is 0 Å². The van der Waals surface area contributed by atoms with Crippen LogP contribution in [0.3, 0.4) is 0 Å². The Labute approximate surface area is 121 Å². The van der Waals surface area contributed by atoms with E-state index in [1.165, 1.54) is 37.9 Å². The molecule has 0 bridgehead atoms. The van der Waals surface area contributed by atoms with Gasteiger partial charge in [-0.3, -0.25) is 4.90 Å². The van der Waals surface area contributed by atoms with Gasteiger partial charge in [0.2, 0.25) is 0 Å². The number of likely N-dealkylation sites (tertiary alicyclic amines) is 1. The normalized spacial score (nSPS) is 30.0. The number of rotatable bonds is 4. The second kappa shape index (κ2) is 5.38. The maximum Gasteiger partial charge on any atom is 0.122 e. The summed E-state index contributed by atoms with van der Waals surface area (Å²) < 4.78 is 5.75. The predicted molar refractivity (Wildman–Crippen MR) is 80.3 cm³/mol. The molecule has 2 unspecified atom stereocenters. The highest BCUT2D eigenvalue weighted by Crippen LogP contribution is 2.33. The Morgan fingerprint density at radius 3 is 2.95 bits per heavy atom. The Morgan fingerprint density at radius 2 is 2.05 bits per heavy atom. The van der Waals surface area contributed by atoms with Crippen LogP contribution < -0.4 is 10.1 Å². The van der Waals surface area contributed by atoms with Crippen LogP contribution in [0.25, 0.3) is 0 Å². The van der Waals surface area contributed by atoms with Crippen LogP contribution in [0.4, 0.5) is 0 Å². The van der Waals surface area contributed by atoms with E-state index in [-0.39, 0.29) is 0 Å². The molecule has 3 heteroatoms. The number of benzene rings is 1. The van der Waals surface area contributed by atoms with Crippen molar-refractivity contribution in [3.8, 4) is 5.75 Å². The van der Waals surface area contributed by atoms with Gasteiger partial charge in [-0.2, -0.15) is 0 Å². The lowest BCUT2D eigenvalue weighted by Crippen LogP contribution is -2.36. The number of hydrogen-bond acceptors (Lipinski definition) is 3. The van der Waals surface area contributed by atoms with Crippen molar-refractivity contribution in [3.63, 3.8) is 0 Å². The minimum absolute atomic E-state index is 0.620. The highest BCUT2D eigenvalue weighted by molar-refractivity contribution is 5.37. The van der Waals surface area contributed by atoms with Gasteiger partial charge < -0.3 is 10.1 Å². The average molecular weight is 272 g/mol. The van der Waals surface area contributed by atoms with Gasteiger partial charge in [0.15, 0.2) is 0 Å². The summed E-state index contributed by atoms with van der Waals surface area (Å²) in [5.41, 5.74) is 1.39. The molecule has 0 amide bonds. The van der Waals surface area contributed by atoms with Gasteiger partial charge in [0.05, 0.1) is 6.61 Å². The number of nitrogens with zero attached hydrogens (tertiary/aromatic N) is 1. The second-order valence-corrected chi connectivity index (χ2v) is 6.49. The van der Waals surface area contributed by atoms with Crippen LogP contribution >= 0.6 is 0 Å². The van der Waals surface area contributed by atoms with Crippen LogP contribution in [-0.2, 0) is 0 Å². The quantitative estimate of drug-likeness (QED) is 0.911. The van der Waals surface area contributed by atoms with Crippen molar-refractivity contribution in [2.45, 2.75) is 43.7 Å². The van der Waals surface area contributed by atoms with Crippen LogP contribution in [0.2, 0.25) is 0 Å². The van der Waals surface area contributed by atoms with Gasteiger partial charge >= 0.3 is 0 Å². The lowest BCUT2D eigenvalue weighted by molar-refractivity contribution is 0.261. The van der Waals surface area contributed by atoms with Crippen molar-refractivity contribution in [2.24, 2.45) is 0 Å². The van der Waals surface area contributed by atoms with Gasteiger partial charge in [-0.25, -0.2) is 0 Å². The van der Waals surface area contributed by atoms with Crippen molar-refractivity contribution >= 4 is 0 Å². The molecule has 3 nitrogen and oxygen atoms in total. The first-order valence-electron chi connectivity index (χ1n) is 8.09. The van der Waals surface area contributed by atoms with Gasteiger partial charge in [0.1, 0.15) is 5.75 Å². The summed E-state index contributed by atoms with van der Waals surface area (Å²) in [5.74, 6) is 1.71. The Kier molecular flexibility index (Phi) is 3.41. The smallest absolute Gasteiger partial charge is 0.122 e. The van der Waals surface area contributed by atoms with Crippen molar-refractivity contribution < 1.29 is 4.74 Å². The fourth-order valence-corrected chi connectivity index (χ4v) is 3.66.